The average molecular weight is 272 g/mol. The van der Waals surface area contributed by atoms with Gasteiger partial charge in [-0.1, -0.05) is 35.8 Å². The fourth-order valence-corrected chi connectivity index (χ4v) is 2.34. The molecule has 1 atom stereocenters. The monoisotopic (exact) mass is 271 g/mol. The summed E-state index contributed by atoms with van der Waals surface area (Å²) in [5.41, 5.74) is 1.27. The first kappa shape index (κ1) is 12.5. The Balaban J connectivity index is 3.03. The Hall–Kier alpha value is -0.540. The molecule has 1 aromatic carbocycles. The number of hydrogen-bond acceptors (Lipinski definition) is 2. The molecule has 2 nitrogen and oxygen atoms in total. The SMILES string of the molecule is CNC(c1ccc(OC)cc1Br)C(C)C. The molecular weight excluding hydrogens is 254 g/mol. The van der Waals surface area contributed by atoms with Crippen LogP contribution >= 0.6 is 15.9 Å². The lowest BCUT2D eigenvalue weighted by Gasteiger charge is -2.22. The van der Waals surface area contributed by atoms with E-state index in [1.165, 1.54) is 5.56 Å². The predicted molar refractivity (Wildman–Crippen MR) is 67.3 cm³/mol. The van der Waals surface area contributed by atoms with E-state index in [0.29, 0.717) is 12.0 Å². The van der Waals surface area contributed by atoms with Gasteiger partial charge >= 0.3 is 0 Å². The molecule has 0 radical (unpaired) electrons. The van der Waals surface area contributed by atoms with Crippen LogP contribution in [0.3, 0.4) is 0 Å². The number of benzene rings is 1. The molecule has 0 saturated carbocycles. The third-order valence-corrected chi connectivity index (χ3v) is 3.21. The van der Waals surface area contributed by atoms with Gasteiger partial charge in [-0.2, -0.15) is 0 Å². The van der Waals surface area contributed by atoms with Crippen molar-refractivity contribution in [3.05, 3.63) is 28.2 Å². The summed E-state index contributed by atoms with van der Waals surface area (Å²) >= 11 is 3.58. The summed E-state index contributed by atoms with van der Waals surface area (Å²) in [6, 6.07) is 6.46. The zero-order valence-corrected chi connectivity index (χ0v) is 11.3. The number of nitrogens with one attached hydrogen (secondary N) is 1. The maximum absolute atomic E-state index is 5.17. The zero-order valence-electron chi connectivity index (χ0n) is 9.67. The number of rotatable bonds is 4. The molecule has 1 N–H and O–H groups in total. The van der Waals surface area contributed by atoms with Gasteiger partial charge in [-0.05, 0) is 30.7 Å². The normalized spacial score (nSPS) is 12.9. The van der Waals surface area contributed by atoms with Crippen molar-refractivity contribution in [1.29, 1.82) is 0 Å². The van der Waals surface area contributed by atoms with Crippen molar-refractivity contribution in [1.82, 2.24) is 5.32 Å². The minimum absolute atomic E-state index is 0.366. The van der Waals surface area contributed by atoms with Gasteiger partial charge in [-0.25, -0.2) is 0 Å². The van der Waals surface area contributed by atoms with Crippen molar-refractivity contribution in [2.45, 2.75) is 19.9 Å². The van der Waals surface area contributed by atoms with Gasteiger partial charge in [0.15, 0.2) is 0 Å². The van der Waals surface area contributed by atoms with Crippen LogP contribution in [0.4, 0.5) is 0 Å². The quantitative estimate of drug-likeness (QED) is 0.907. The topological polar surface area (TPSA) is 21.3 Å². The fraction of sp³-hybridized carbons (Fsp3) is 0.500. The van der Waals surface area contributed by atoms with Crippen LogP contribution in [0, 0.1) is 5.92 Å². The fourth-order valence-electron chi connectivity index (χ4n) is 1.74. The number of hydrogen-bond donors (Lipinski definition) is 1. The molecule has 1 rings (SSSR count). The first-order valence-electron chi connectivity index (χ1n) is 5.10. The number of halogens is 1. The Labute approximate surface area is 100 Å². The summed E-state index contributed by atoms with van der Waals surface area (Å²) in [6.45, 7) is 4.41. The van der Waals surface area contributed by atoms with Gasteiger partial charge in [0.1, 0.15) is 5.75 Å². The molecule has 0 aromatic heterocycles. The molecule has 0 bridgehead atoms. The highest BCUT2D eigenvalue weighted by Gasteiger charge is 2.16. The molecule has 3 heteroatoms. The van der Waals surface area contributed by atoms with Gasteiger partial charge in [0.25, 0.3) is 0 Å². The van der Waals surface area contributed by atoms with Gasteiger partial charge in [-0.15, -0.1) is 0 Å². The van der Waals surface area contributed by atoms with E-state index in [4.69, 9.17) is 4.74 Å². The summed E-state index contributed by atoms with van der Waals surface area (Å²) in [5.74, 6) is 1.43. The molecule has 0 amide bonds. The van der Waals surface area contributed by atoms with Crippen molar-refractivity contribution in [2.75, 3.05) is 14.2 Å². The van der Waals surface area contributed by atoms with E-state index in [1.54, 1.807) is 7.11 Å². The lowest BCUT2D eigenvalue weighted by molar-refractivity contribution is 0.411. The second-order valence-corrected chi connectivity index (χ2v) is 4.75. The van der Waals surface area contributed by atoms with Crippen molar-refractivity contribution in [3.63, 3.8) is 0 Å². The van der Waals surface area contributed by atoms with Crippen molar-refractivity contribution in [3.8, 4) is 5.75 Å². The molecule has 1 aromatic rings. The second kappa shape index (κ2) is 5.52. The van der Waals surface area contributed by atoms with E-state index in [0.717, 1.165) is 10.2 Å². The van der Waals surface area contributed by atoms with Crippen LogP contribution in [-0.4, -0.2) is 14.2 Å². The molecular formula is C12H18BrNO. The zero-order chi connectivity index (χ0) is 11.4. The molecule has 0 aliphatic carbocycles. The summed E-state index contributed by atoms with van der Waals surface area (Å²) in [4.78, 5) is 0. The lowest BCUT2D eigenvalue weighted by atomic mass is 9.96. The largest absolute Gasteiger partial charge is 0.497 e. The molecule has 1 unspecified atom stereocenters. The average Bonchev–Trinajstić information content (AvgIpc) is 2.20. The molecule has 0 heterocycles. The summed E-state index contributed by atoms with van der Waals surface area (Å²) < 4.78 is 6.27. The van der Waals surface area contributed by atoms with E-state index in [9.17, 15) is 0 Å². The minimum atomic E-state index is 0.366. The highest BCUT2D eigenvalue weighted by atomic mass is 79.9. The predicted octanol–water partition coefficient (Wildman–Crippen LogP) is 3.37. The Morgan fingerprint density at radius 1 is 1.33 bits per heavy atom. The van der Waals surface area contributed by atoms with Crippen LogP contribution < -0.4 is 10.1 Å². The lowest BCUT2D eigenvalue weighted by Crippen LogP contribution is -2.22. The van der Waals surface area contributed by atoms with Crippen LogP contribution in [0.1, 0.15) is 25.5 Å². The third-order valence-electron chi connectivity index (χ3n) is 2.52. The van der Waals surface area contributed by atoms with Crippen LogP contribution in [-0.2, 0) is 0 Å². The van der Waals surface area contributed by atoms with E-state index < -0.39 is 0 Å². The van der Waals surface area contributed by atoms with Crippen molar-refractivity contribution in [2.24, 2.45) is 5.92 Å². The van der Waals surface area contributed by atoms with Gasteiger partial charge < -0.3 is 10.1 Å². The standard InChI is InChI=1S/C12H18BrNO/c1-8(2)12(14-3)10-6-5-9(15-4)7-11(10)13/h5-8,12,14H,1-4H3. The molecule has 0 aliphatic rings. The van der Waals surface area contributed by atoms with Crippen molar-refractivity contribution < 1.29 is 4.74 Å². The van der Waals surface area contributed by atoms with Crippen molar-refractivity contribution >= 4 is 15.9 Å². The highest BCUT2D eigenvalue weighted by molar-refractivity contribution is 9.10. The van der Waals surface area contributed by atoms with E-state index in [-0.39, 0.29) is 0 Å². The van der Waals surface area contributed by atoms with Crippen LogP contribution in [0.25, 0.3) is 0 Å². The van der Waals surface area contributed by atoms with E-state index >= 15 is 0 Å². The van der Waals surface area contributed by atoms with Crippen LogP contribution in [0.5, 0.6) is 5.75 Å². The summed E-state index contributed by atoms with van der Waals surface area (Å²) in [7, 11) is 3.67. The van der Waals surface area contributed by atoms with Gasteiger partial charge in [0.05, 0.1) is 7.11 Å². The first-order chi connectivity index (χ1) is 7.10. The summed E-state index contributed by atoms with van der Waals surface area (Å²) in [5, 5.41) is 3.33. The molecule has 0 aliphatic heterocycles. The first-order valence-corrected chi connectivity index (χ1v) is 5.90. The number of ether oxygens (including phenoxy) is 1. The van der Waals surface area contributed by atoms with E-state index in [2.05, 4.69) is 41.2 Å². The Morgan fingerprint density at radius 3 is 2.40 bits per heavy atom. The third kappa shape index (κ3) is 2.95. The molecule has 0 saturated heterocycles. The second-order valence-electron chi connectivity index (χ2n) is 3.90. The minimum Gasteiger partial charge on any atom is -0.497 e. The van der Waals surface area contributed by atoms with Gasteiger partial charge in [-0.3, -0.25) is 0 Å². The number of methoxy groups -OCH3 is 1. The Kier molecular flexibility index (Phi) is 4.61. The molecule has 15 heavy (non-hydrogen) atoms. The highest BCUT2D eigenvalue weighted by Crippen LogP contribution is 2.31. The smallest absolute Gasteiger partial charge is 0.120 e. The Bertz CT molecular complexity index is 325. The molecule has 0 spiro atoms. The maximum atomic E-state index is 5.17. The van der Waals surface area contributed by atoms with Crippen LogP contribution in [0.15, 0.2) is 22.7 Å². The Morgan fingerprint density at radius 2 is 2.00 bits per heavy atom. The van der Waals surface area contributed by atoms with Gasteiger partial charge in [0, 0.05) is 10.5 Å². The molecule has 84 valence electrons. The summed E-state index contributed by atoms with van der Waals surface area (Å²) in [6.07, 6.45) is 0. The van der Waals surface area contributed by atoms with E-state index in [1.807, 2.05) is 19.2 Å². The van der Waals surface area contributed by atoms with Gasteiger partial charge in [0.2, 0.25) is 0 Å². The molecule has 0 fully saturated rings. The van der Waals surface area contributed by atoms with Crippen LogP contribution in [0.2, 0.25) is 0 Å². The maximum Gasteiger partial charge on any atom is 0.120 e.